The molecule has 2 aromatic rings. The first-order valence-electron chi connectivity index (χ1n) is 10.3. The molecule has 0 N–H and O–H groups in total. The standard InChI is InChI=1S/C23H28N2O2/c1-3-11-23(12-4-2)21-15-17(24-13-5-6-14-24)7-9-19(21)20-10-8-18(25(26)27)16-22(20)23/h7-10,15-16H,3-6,11-14H2,1-2H3. The molecule has 0 aromatic heterocycles. The maximum absolute atomic E-state index is 11.4. The summed E-state index contributed by atoms with van der Waals surface area (Å²) in [5.74, 6) is 0. The first-order valence-corrected chi connectivity index (χ1v) is 10.3. The molecule has 142 valence electrons. The van der Waals surface area contributed by atoms with Crippen LogP contribution in [0, 0.1) is 10.1 Å². The Hall–Kier alpha value is -2.36. The van der Waals surface area contributed by atoms with Gasteiger partial charge >= 0.3 is 0 Å². The van der Waals surface area contributed by atoms with Crippen molar-refractivity contribution in [2.24, 2.45) is 0 Å². The fraction of sp³-hybridized carbons (Fsp3) is 0.478. The lowest BCUT2D eigenvalue weighted by Crippen LogP contribution is -2.26. The predicted octanol–water partition coefficient (Wildman–Crippen LogP) is 6.06. The first kappa shape index (κ1) is 18.0. The molecule has 4 heteroatoms. The molecule has 4 nitrogen and oxygen atoms in total. The summed E-state index contributed by atoms with van der Waals surface area (Å²) in [6.07, 6.45) is 6.72. The van der Waals surface area contributed by atoms with Gasteiger partial charge in [0.05, 0.1) is 4.92 Å². The van der Waals surface area contributed by atoms with Gasteiger partial charge in [-0.15, -0.1) is 0 Å². The highest BCUT2D eigenvalue weighted by Gasteiger charge is 2.43. The lowest BCUT2D eigenvalue weighted by atomic mass is 9.71. The molecule has 1 aliphatic heterocycles. The number of hydrogen-bond donors (Lipinski definition) is 0. The number of nitro benzene ring substituents is 1. The fourth-order valence-corrected chi connectivity index (χ4v) is 5.27. The summed E-state index contributed by atoms with van der Waals surface area (Å²) in [6.45, 7) is 6.70. The van der Waals surface area contributed by atoms with Crippen molar-refractivity contribution in [3.63, 3.8) is 0 Å². The average molecular weight is 364 g/mol. The molecule has 2 aromatic carbocycles. The van der Waals surface area contributed by atoms with E-state index in [2.05, 4.69) is 36.9 Å². The molecule has 0 unspecified atom stereocenters. The van der Waals surface area contributed by atoms with Gasteiger partial charge in [0.15, 0.2) is 0 Å². The Kier molecular flexibility index (Phi) is 4.67. The van der Waals surface area contributed by atoms with Crippen LogP contribution >= 0.6 is 0 Å². The van der Waals surface area contributed by atoms with E-state index in [0.29, 0.717) is 0 Å². The Morgan fingerprint density at radius 1 is 0.963 bits per heavy atom. The molecule has 0 atom stereocenters. The number of non-ortho nitro benzene ring substituents is 1. The molecular formula is C23H28N2O2. The second-order valence-electron chi connectivity index (χ2n) is 7.99. The lowest BCUT2D eigenvalue weighted by Gasteiger charge is -2.32. The molecule has 1 saturated heterocycles. The summed E-state index contributed by atoms with van der Waals surface area (Å²) in [5.41, 5.74) is 6.41. The van der Waals surface area contributed by atoms with Crippen LogP contribution in [0.2, 0.25) is 0 Å². The van der Waals surface area contributed by atoms with Crippen LogP contribution in [0.1, 0.15) is 63.5 Å². The third kappa shape index (κ3) is 2.82. The summed E-state index contributed by atoms with van der Waals surface area (Å²) >= 11 is 0. The zero-order valence-corrected chi connectivity index (χ0v) is 16.3. The zero-order valence-electron chi connectivity index (χ0n) is 16.3. The Morgan fingerprint density at radius 3 is 2.15 bits per heavy atom. The van der Waals surface area contributed by atoms with E-state index in [1.807, 2.05) is 12.1 Å². The minimum absolute atomic E-state index is 0.101. The topological polar surface area (TPSA) is 46.4 Å². The summed E-state index contributed by atoms with van der Waals surface area (Å²) in [7, 11) is 0. The summed E-state index contributed by atoms with van der Waals surface area (Å²) in [6, 6.07) is 12.3. The highest BCUT2D eigenvalue weighted by molar-refractivity contribution is 5.84. The Labute approximate surface area is 161 Å². The van der Waals surface area contributed by atoms with Crippen LogP contribution in [0.15, 0.2) is 36.4 Å². The number of anilines is 1. The van der Waals surface area contributed by atoms with E-state index in [-0.39, 0.29) is 16.0 Å². The van der Waals surface area contributed by atoms with Gasteiger partial charge in [0.1, 0.15) is 0 Å². The maximum Gasteiger partial charge on any atom is 0.269 e. The van der Waals surface area contributed by atoms with Gasteiger partial charge in [-0.1, -0.05) is 32.8 Å². The van der Waals surface area contributed by atoms with Crippen LogP contribution in [0.5, 0.6) is 0 Å². The summed E-state index contributed by atoms with van der Waals surface area (Å²) < 4.78 is 0. The van der Waals surface area contributed by atoms with Crippen LogP contribution in [0.4, 0.5) is 11.4 Å². The second-order valence-corrected chi connectivity index (χ2v) is 7.99. The zero-order chi connectivity index (χ0) is 19.0. The van der Waals surface area contributed by atoms with Crippen LogP contribution in [-0.4, -0.2) is 18.0 Å². The van der Waals surface area contributed by atoms with Crippen molar-refractivity contribution in [3.05, 3.63) is 57.6 Å². The van der Waals surface area contributed by atoms with E-state index in [4.69, 9.17) is 0 Å². The molecule has 0 bridgehead atoms. The van der Waals surface area contributed by atoms with E-state index in [9.17, 15) is 10.1 Å². The Morgan fingerprint density at radius 2 is 1.56 bits per heavy atom. The van der Waals surface area contributed by atoms with E-state index < -0.39 is 0 Å². The van der Waals surface area contributed by atoms with Crippen molar-refractivity contribution < 1.29 is 4.92 Å². The third-order valence-electron chi connectivity index (χ3n) is 6.36. The molecule has 1 heterocycles. The Bertz CT molecular complexity index is 863. The molecule has 0 radical (unpaired) electrons. The minimum atomic E-state index is -0.262. The van der Waals surface area contributed by atoms with E-state index >= 15 is 0 Å². The third-order valence-corrected chi connectivity index (χ3v) is 6.36. The average Bonchev–Trinajstić information content (AvgIpc) is 3.29. The van der Waals surface area contributed by atoms with Gasteiger partial charge in [0.25, 0.3) is 5.69 Å². The van der Waals surface area contributed by atoms with Gasteiger partial charge in [-0.25, -0.2) is 0 Å². The van der Waals surface area contributed by atoms with Gasteiger partial charge < -0.3 is 4.90 Å². The highest BCUT2D eigenvalue weighted by atomic mass is 16.6. The number of benzene rings is 2. The fourth-order valence-electron chi connectivity index (χ4n) is 5.27. The lowest BCUT2D eigenvalue weighted by molar-refractivity contribution is -0.384. The van der Waals surface area contributed by atoms with E-state index in [1.165, 1.54) is 35.2 Å². The first-order chi connectivity index (χ1) is 13.1. The van der Waals surface area contributed by atoms with E-state index in [0.717, 1.165) is 44.3 Å². The van der Waals surface area contributed by atoms with E-state index in [1.54, 1.807) is 6.07 Å². The van der Waals surface area contributed by atoms with Gasteiger partial charge in [-0.3, -0.25) is 10.1 Å². The maximum atomic E-state index is 11.4. The van der Waals surface area contributed by atoms with Crippen LogP contribution in [0.25, 0.3) is 11.1 Å². The summed E-state index contributed by atoms with van der Waals surface area (Å²) in [5, 5.41) is 11.4. The number of hydrogen-bond acceptors (Lipinski definition) is 3. The molecule has 0 amide bonds. The van der Waals surface area contributed by atoms with Crippen LogP contribution in [0.3, 0.4) is 0 Å². The molecule has 0 spiro atoms. The van der Waals surface area contributed by atoms with Crippen molar-refractivity contribution in [3.8, 4) is 11.1 Å². The molecule has 27 heavy (non-hydrogen) atoms. The van der Waals surface area contributed by atoms with Gasteiger partial charge in [-0.2, -0.15) is 0 Å². The van der Waals surface area contributed by atoms with Gasteiger partial charge in [0.2, 0.25) is 0 Å². The van der Waals surface area contributed by atoms with Crippen molar-refractivity contribution in [2.45, 2.75) is 57.8 Å². The van der Waals surface area contributed by atoms with Crippen molar-refractivity contribution in [1.82, 2.24) is 0 Å². The van der Waals surface area contributed by atoms with Gasteiger partial charge in [-0.05, 0) is 66.1 Å². The molecule has 4 rings (SSSR count). The second kappa shape index (κ2) is 6.99. The number of rotatable bonds is 6. The molecule has 0 saturated carbocycles. The van der Waals surface area contributed by atoms with Crippen LogP contribution < -0.4 is 4.90 Å². The normalized spacial score (nSPS) is 17.0. The number of nitrogens with zero attached hydrogens (tertiary/aromatic N) is 2. The monoisotopic (exact) mass is 364 g/mol. The molecule has 1 aliphatic carbocycles. The molecule has 2 aliphatic rings. The van der Waals surface area contributed by atoms with Crippen LogP contribution in [-0.2, 0) is 5.41 Å². The van der Waals surface area contributed by atoms with Gasteiger partial charge in [0, 0.05) is 36.3 Å². The summed E-state index contributed by atoms with van der Waals surface area (Å²) in [4.78, 5) is 13.6. The largest absolute Gasteiger partial charge is 0.372 e. The van der Waals surface area contributed by atoms with Crippen molar-refractivity contribution >= 4 is 11.4 Å². The smallest absolute Gasteiger partial charge is 0.269 e. The highest BCUT2D eigenvalue weighted by Crippen LogP contribution is 2.55. The number of fused-ring (bicyclic) bond motifs is 3. The SMILES string of the molecule is CCCC1(CCC)c2cc(N3CCCC3)ccc2-c2ccc([N+](=O)[O-])cc21. The quantitative estimate of drug-likeness (QED) is 0.462. The Balaban J connectivity index is 1.92. The predicted molar refractivity (Wildman–Crippen MR) is 111 cm³/mol. The van der Waals surface area contributed by atoms with Crippen molar-refractivity contribution in [2.75, 3.05) is 18.0 Å². The minimum Gasteiger partial charge on any atom is -0.372 e. The molecular weight excluding hydrogens is 336 g/mol. The molecule has 1 fully saturated rings. The van der Waals surface area contributed by atoms with Crippen molar-refractivity contribution in [1.29, 1.82) is 0 Å². The number of nitro groups is 1.